The van der Waals surface area contributed by atoms with Crippen LogP contribution in [0.2, 0.25) is 0 Å². The van der Waals surface area contributed by atoms with Gasteiger partial charge in [-0.25, -0.2) is 9.37 Å². The van der Waals surface area contributed by atoms with E-state index < -0.39 is 34.6 Å². The Hall–Kier alpha value is -3.89. The van der Waals surface area contributed by atoms with Gasteiger partial charge in [-0.15, -0.1) is 11.3 Å². The molecule has 0 atom stereocenters. The number of carbonyl (C=O) groups excluding carboxylic acids is 2. The molecule has 1 N–H and O–H groups in total. The Morgan fingerprint density at radius 1 is 1.20 bits per heavy atom. The predicted molar refractivity (Wildman–Crippen MR) is 147 cm³/mol. The molecule has 0 bridgehead atoms. The van der Waals surface area contributed by atoms with Crippen molar-refractivity contribution in [3.8, 4) is 6.07 Å². The topological polar surface area (TPSA) is 89.3 Å². The Bertz CT molecular complexity index is 1640. The summed E-state index contributed by atoms with van der Waals surface area (Å²) in [6, 6.07) is 8.80. The summed E-state index contributed by atoms with van der Waals surface area (Å²) in [5, 5.41) is 11.8. The molecule has 3 fully saturated rings. The fraction of sp³-hybridized carbons (Fsp3) is 0.321. The number of benzene rings is 2. The van der Waals surface area contributed by atoms with Gasteiger partial charge >= 0.3 is 6.18 Å². The van der Waals surface area contributed by atoms with E-state index in [0.29, 0.717) is 30.1 Å². The van der Waals surface area contributed by atoms with Crippen molar-refractivity contribution < 1.29 is 27.2 Å². The molecule has 13 heteroatoms. The normalized spacial score (nSPS) is 18.0. The number of thiazole rings is 1. The lowest BCUT2D eigenvalue weighted by Gasteiger charge is -2.43. The monoisotopic (exact) mass is 599 g/mol. The van der Waals surface area contributed by atoms with Crippen LogP contribution in [0, 0.1) is 17.1 Å². The Kier molecular flexibility index (Phi) is 6.58. The van der Waals surface area contributed by atoms with Crippen molar-refractivity contribution >= 4 is 51.9 Å². The number of anilines is 2. The van der Waals surface area contributed by atoms with E-state index in [1.165, 1.54) is 40.5 Å². The summed E-state index contributed by atoms with van der Waals surface area (Å²) < 4.78 is 56.2. The quantitative estimate of drug-likeness (QED) is 0.275. The van der Waals surface area contributed by atoms with Crippen LogP contribution in [0.3, 0.4) is 0 Å². The third kappa shape index (κ3) is 4.55. The van der Waals surface area contributed by atoms with Crippen LogP contribution in [0.1, 0.15) is 70.1 Å². The van der Waals surface area contributed by atoms with Crippen molar-refractivity contribution in [3.05, 3.63) is 75.0 Å². The van der Waals surface area contributed by atoms with E-state index in [-0.39, 0.29) is 34.5 Å². The maximum Gasteiger partial charge on any atom is 0.417 e. The smallest absolute Gasteiger partial charge is 0.347 e. The Morgan fingerprint density at radius 3 is 2.54 bits per heavy atom. The van der Waals surface area contributed by atoms with Crippen LogP contribution in [0.25, 0.3) is 0 Å². The Morgan fingerprint density at radius 2 is 1.93 bits per heavy atom. The lowest BCUT2D eigenvalue weighted by atomic mass is 9.75. The molecule has 0 radical (unpaired) electrons. The number of thiocarbonyl (C=S) groups is 1. The minimum atomic E-state index is -4.81. The maximum absolute atomic E-state index is 15.3. The van der Waals surface area contributed by atoms with Crippen LogP contribution in [-0.2, 0) is 17.5 Å². The fourth-order valence-electron chi connectivity index (χ4n) is 5.36. The molecule has 2 amide bonds. The van der Waals surface area contributed by atoms with E-state index >= 15 is 4.39 Å². The van der Waals surface area contributed by atoms with Gasteiger partial charge in [0.1, 0.15) is 16.2 Å². The minimum Gasteiger partial charge on any atom is -0.347 e. The van der Waals surface area contributed by atoms with E-state index in [2.05, 4.69) is 10.3 Å². The summed E-state index contributed by atoms with van der Waals surface area (Å²) in [6.07, 6.45) is -1.35. The number of hydrogen-bond acceptors (Lipinski definition) is 6. The maximum atomic E-state index is 15.3. The number of halogens is 4. The number of nitriles is 1. The molecule has 6 rings (SSSR count). The van der Waals surface area contributed by atoms with Crippen LogP contribution in [0.5, 0.6) is 0 Å². The zero-order valence-corrected chi connectivity index (χ0v) is 22.9. The molecule has 2 heterocycles. The van der Waals surface area contributed by atoms with Gasteiger partial charge in [-0.1, -0.05) is 6.07 Å². The zero-order valence-electron chi connectivity index (χ0n) is 21.3. The summed E-state index contributed by atoms with van der Waals surface area (Å²) >= 11 is 6.84. The third-order valence-electron chi connectivity index (χ3n) is 7.78. The van der Waals surface area contributed by atoms with E-state index in [9.17, 15) is 22.8 Å². The molecule has 2 saturated carbocycles. The van der Waals surface area contributed by atoms with Crippen molar-refractivity contribution in [2.45, 2.75) is 56.3 Å². The molecule has 210 valence electrons. The molecule has 1 saturated heterocycles. The largest absolute Gasteiger partial charge is 0.417 e. The third-order valence-corrected chi connectivity index (χ3v) is 8.99. The highest BCUT2D eigenvalue weighted by Crippen LogP contribution is 2.48. The summed E-state index contributed by atoms with van der Waals surface area (Å²) in [4.78, 5) is 33.7. The average Bonchev–Trinajstić information content (AvgIpc) is 3.58. The second kappa shape index (κ2) is 9.88. The first-order valence-corrected chi connectivity index (χ1v) is 14.1. The van der Waals surface area contributed by atoms with E-state index in [1.807, 2.05) is 0 Å². The predicted octanol–water partition coefficient (Wildman–Crippen LogP) is 6.04. The van der Waals surface area contributed by atoms with E-state index in [0.717, 1.165) is 35.6 Å². The Labute approximate surface area is 241 Å². The molecular formula is C28H21F4N5O2S2. The first kappa shape index (κ1) is 27.3. The number of nitrogens with zero attached hydrogens (tertiary/aromatic N) is 4. The summed E-state index contributed by atoms with van der Waals surface area (Å²) in [5.41, 5.74) is -0.105. The molecule has 2 aliphatic carbocycles. The number of alkyl halides is 3. The SMILES string of the molecule is N#Cc1ccc(N2C(=O)C3(CCC3)N(c3ccc(CNC(=O)c4scnc4C4CC4)c(F)c3)C2=S)cc1C(F)(F)F. The van der Waals surface area contributed by atoms with Gasteiger partial charge < -0.3 is 10.2 Å². The molecule has 3 aliphatic rings. The van der Waals surface area contributed by atoms with Crippen molar-refractivity contribution in [3.63, 3.8) is 0 Å². The number of hydrogen-bond donors (Lipinski definition) is 1. The highest BCUT2D eigenvalue weighted by atomic mass is 32.1. The second-order valence-electron chi connectivity index (χ2n) is 10.3. The number of nitrogens with one attached hydrogen (secondary N) is 1. The van der Waals surface area contributed by atoms with Crippen LogP contribution in [0.4, 0.5) is 28.9 Å². The number of amides is 2. The highest BCUT2D eigenvalue weighted by Gasteiger charge is 2.59. The standard InChI is InChI=1S/C28H21F4N5O2S2/c29-21-11-19(7-5-17(21)13-34-24(38)23-22(15-2-3-15)35-14-41-23)37-26(40)36(25(39)27(37)8-1-9-27)18-6-4-16(12-33)20(10-18)28(30,31)32/h4-7,10-11,14-15H,1-3,8-9,13H2,(H,34,38). The fourth-order valence-corrected chi connectivity index (χ4v) is 6.62. The van der Waals surface area contributed by atoms with Crippen molar-refractivity contribution in [2.75, 3.05) is 9.80 Å². The molecule has 7 nitrogen and oxygen atoms in total. The lowest BCUT2D eigenvalue weighted by Crippen LogP contribution is -2.55. The van der Waals surface area contributed by atoms with Crippen LogP contribution >= 0.6 is 23.6 Å². The van der Waals surface area contributed by atoms with Gasteiger partial charge in [0, 0.05) is 23.7 Å². The van der Waals surface area contributed by atoms with Gasteiger partial charge in [0.25, 0.3) is 11.8 Å². The molecule has 1 aromatic heterocycles. The molecular weight excluding hydrogens is 578 g/mol. The second-order valence-corrected chi connectivity index (χ2v) is 11.5. The number of aromatic nitrogens is 1. The summed E-state index contributed by atoms with van der Waals surface area (Å²) in [5.74, 6) is -1.16. The first-order chi connectivity index (χ1) is 19.5. The molecule has 1 spiro atoms. The molecule has 3 aromatic rings. The molecule has 2 aromatic carbocycles. The molecule has 41 heavy (non-hydrogen) atoms. The lowest BCUT2D eigenvalue weighted by molar-refractivity contribution is -0.137. The van der Waals surface area contributed by atoms with Gasteiger partial charge in [-0.05, 0) is 74.7 Å². The minimum absolute atomic E-state index is 0.0704. The summed E-state index contributed by atoms with van der Waals surface area (Å²) in [6.45, 7) is -0.0704. The van der Waals surface area contributed by atoms with Crippen LogP contribution in [-0.4, -0.2) is 27.4 Å². The highest BCUT2D eigenvalue weighted by molar-refractivity contribution is 7.81. The first-order valence-electron chi connectivity index (χ1n) is 12.9. The van der Waals surface area contributed by atoms with Crippen LogP contribution < -0.4 is 15.1 Å². The molecule has 1 aliphatic heterocycles. The number of carbonyl (C=O) groups is 2. The summed E-state index contributed by atoms with van der Waals surface area (Å²) in [7, 11) is 0. The van der Waals surface area contributed by atoms with Crippen LogP contribution in [0.15, 0.2) is 41.9 Å². The van der Waals surface area contributed by atoms with E-state index in [4.69, 9.17) is 17.5 Å². The van der Waals surface area contributed by atoms with Gasteiger partial charge in [0.2, 0.25) is 0 Å². The zero-order chi connectivity index (χ0) is 29.1. The van der Waals surface area contributed by atoms with Gasteiger partial charge in [0.05, 0.1) is 34.1 Å². The average molecular weight is 600 g/mol. The van der Waals surface area contributed by atoms with E-state index in [1.54, 1.807) is 11.6 Å². The van der Waals surface area contributed by atoms with Crippen molar-refractivity contribution in [1.82, 2.24) is 10.3 Å². The van der Waals surface area contributed by atoms with Gasteiger partial charge in [0.15, 0.2) is 5.11 Å². The Balaban J connectivity index is 1.26. The van der Waals surface area contributed by atoms with Gasteiger partial charge in [-0.2, -0.15) is 18.4 Å². The van der Waals surface area contributed by atoms with Crippen molar-refractivity contribution in [1.29, 1.82) is 5.26 Å². The number of rotatable bonds is 6. The van der Waals surface area contributed by atoms with Gasteiger partial charge in [-0.3, -0.25) is 14.5 Å². The molecule has 0 unspecified atom stereocenters. The van der Waals surface area contributed by atoms with Crippen molar-refractivity contribution in [2.24, 2.45) is 0 Å².